The molecule has 15 heteroatoms. The lowest BCUT2D eigenvalue weighted by atomic mass is 10.0. The lowest BCUT2D eigenvalue weighted by Gasteiger charge is -2.15. The maximum Gasteiger partial charge on any atom is 0.261 e. The predicted molar refractivity (Wildman–Crippen MR) is 162 cm³/mol. The van der Waals surface area contributed by atoms with Crippen LogP contribution in [0.15, 0.2) is 61.3 Å². The number of pyridine rings is 3. The topological polar surface area (TPSA) is 145 Å². The number of fused-ring (bicyclic) bond motifs is 2. The number of aromatic amines is 2. The van der Waals surface area contributed by atoms with E-state index >= 15 is 0 Å². The maximum absolute atomic E-state index is 14.6. The number of alkyl halides is 2. The van der Waals surface area contributed by atoms with E-state index in [1.54, 1.807) is 42.0 Å². The Kier molecular flexibility index (Phi) is 7.10. The molecule has 6 heterocycles. The second kappa shape index (κ2) is 11.0. The first-order valence-corrected chi connectivity index (χ1v) is 15.9. The molecule has 0 aliphatic carbocycles. The molecule has 0 bridgehead atoms. The van der Waals surface area contributed by atoms with Crippen LogP contribution in [0.4, 0.5) is 13.2 Å². The molecule has 1 fully saturated rings. The van der Waals surface area contributed by atoms with E-state index in [1.807, 2.05) is 12.1 Å². The van der Waals surface area contributed by atoms with Gasteiger partial charge in [0.05, 0.1) is 47.4 Å². The number of rotatable bonds is 8. The third-order valence-corrected chi connectivity index (χ3v) is 8.29. The number of aromatic nitrogens is 7. The number of hydrogen-bond acceptors (Lipinski definition) is 8. The van der Waals surface area contributed by atoms with E-state index < -0.39 is 21.8 Å². The number of hydrogen-bond donors (Lipinski definition) is 3. The number of imidazole rings is 1. The monoisotopic (exact) mass is 633 g/mol. The zero-order chi connectivity index (χ0) is 31.3. The fraction of sp³-hybridized carbons (Fsp3) is 0.233. The number of halogens is 3. The summed E-state index contributed by atoms with van der Waals surface area (Å²) in [6.45, 7) is 0.359. The first kappa shape index (κ1) is 29.0. The SMILES string of the molecule is CS(=O)(=O)NCc1cc(F)cc(-c2cncc3[nH]c(-c4n[nH]c5cnc(-c6cncc(CN7CCC(F)(F)C7)c6)cc45)nc23)c1. The van der Waals surface area contributed by atoms with Crippen molar-refractivity contribution in [3.63, 3.8) is 0 Å². The second-order valence-corrected chi connectivity index (χ2v) is 13.0. The Morgan fingerprint density at radius 1 is 0.978 bits per heavy atom. The van der Waals surface area contributed by atoms with E-state index in [9.17, 15) is 21.6 Å². The molecule has 1 aliphatic heterocycles. The smallest absolute Gasteiger partial charge is 0.261 e. The lowest BCUT2D eigenvalue weighted by Crippen LogP contribution is -2.24. The Morgan fingerprint density at radius 2 is 1.80 bits per heavy atom. The van der Waals surface area contributed by atoms with Gasteiger partial charge in [0, 0.05) is 61.2 Å². The summed E-state index contributed by atoms with van der Waals surface area (Å²) in [6, 6.07) is 8.05. The van der Waals surface area contributed by atoms with Gasteiger partial charge in [0.15, 0.2) is 5.82 Å². The number of likely N-dealkylation sites (tertiary alicyclic amines) is 1. The number of nitrogens with zero attached hydrogens (tertiary/aromatic N) is 6. The molecule has 0 atom stereocenters. The van der Waals surface area contributed by atoms with Gasteiger partial charge in [-0.1, -0.05) is 0 Å². The van der Waals surface area contributed by atoms with Crippen molar-refractivity contribution in [3.8, 4) is 33.9 Å². The summed E-state index contributed by atoms with van der Waals surface area (Å²) in [4.78, 5) is 23.0. The zero-order valence-electron chi connectivity index (χ0n) is 23.9. The number of nitrogens with one attached hydrogen (secondary N) is 3. The molecule has 5 aromatic heterocycles. The van der Waals surface area contributed by atoms with Crippen molar-refractivity contribution < 1.29 is 21.6 Å². The molecule has 0 amide bonds. The third kappa shape index (κ3) is 6.14. The van der Waals surface area contributed by atoms with Gasteiger partial charge >= 0.3 is 0 Å². The first-order chi connectivity index (χ1) is 21.5. The molecule has 11 nitrogen and oxygen atoms in total. The highest BCUT2D eigenvalue weighted by Gasteiger charge is 2.38. The summed E-state index contributed by atoms with van der Waals surface area (Å²) >= 11 is 0. The fourth-order valence-electron chi connectivity index (χ4n) is 5.55. The van der Waals surface area contributed by atoms with E-state index in [-0.39, 0.29) is 19.5 Å². The largest absolute Gasteiger partial charge is 0.335 e. The summed E-state index contributed by atoms with van der Waals surface area (Å²) < 4.78 is 67.5. The van der Waals surface area contributed by atoms with Crippen LogP contribution in [-0.2, 0) is 23.1 Å². The van der Waals surface area contributed by atoms with Crippen LogP contribution in [0.2, 0.25) is 0 Å². The molecule has 0 radical (unpaired) electrons. The molecule has 0 saturated carbocycles. The number of sulfonamides is 1. The van der Waals surface area contributed by atoms with E-state index in [4.69, 9.17) is 4.98 Å². The lowest BCUT2D eigenvalue weighted by molar-refractivity contribution is 0.0115. The number of H-pyrrole nitrogens is 2. The van der Waals surface area contributed by atoms with Crippen molar-refractivity contribution in [1.82, 2.24) is 44.7 Å². The third-order valence-electron chi connectivity index (χ3n) is 7.62. The molecule has 230 valence electrons. The summed E-state index contributed by atoms with van der Waals surface area (Å²) in [5.41, 5.74) is 5.97. The van der Waals surface area contributed by atoms with Gasteiger partial charge in [-0.15, -0.1) is 0 Å². The van der Waals surface area contributed by atoms with Crippen LogP contribution in [0.25, 0.3) is 55.8 Å². The van der Waals surface area contributed by atoms with Crippen LogP contribution in [0, 0.1) is 5.82 Å². The van der Waals surface area contributed by atoms with Crippen LogP contribution in [-0.4, -0.2) is 73.7 Å². The average Bonchev–Trinajstić information content (AvgIpc) is 3.71. The minimum absolute atomic E-state index is 0.0684. The van der Waals surface area contributed by atoms with E-state index in [1.165, 1.54) is 12.1 Å². The standard InChI is InChI=1S/C30H26F3N9O2S/c1-45(43,44)37-10-17-4-19(7-21(31)6-17)23-12-35-13-26-27(23)39-29(38-26)28-22-8-24(36-14-25(22)40-41-28)20-5-18(9-34-11-20)15-42-3-2-30(32,33)16-42/h4-9,11-14,37H,2-3,10,15-16H2,1H3,(H,38,39)(H,40,41). The van der Waals surface area contributed by atoms with Gasteiger partial charge in [-0.2, -0.15) is 5.10 Å². The van der Waals surface area contributed by atoms with Crippen molar-refractivity contribution in [3.05, 3.63) is 78.3 Å². The Bertz CT molecular complexity index is 2180. The molecular formula is C30H26F3N9O2S. The highest BCUT2D eigenvalue weighted by atomic mass is 32.2. The fourth-order valence-corrected chi connectivity index (χ4v) is 5.98. The van der Waals surface area contributed by atoms with Gasteiger partial charge in [0.1, 0.15) is 11.5 Å². The molecule has 6 aromatic rings. The summed E-state index contributed by atoms with van der Waals surface area (Å²) in [5.74, 6) is -2.75. The van der Waals surface area contributed by atoms with Crippen LogP contribution in [0.1, 0.15) is 17.5 Å². The summed E-state index contributed by atoms with van der Waals surface area (Å²) in [7, 11) is -3.47. The average molecular weight is 634 g/mol. The minimum atomic E-state index is -3.47. The molecule has 1 saturated heterocycles. The molecule has 1 aliphatic rings. The second-order valence-electron chi connectivity index (χ2n) is 11.2. The Morgan fingerprint density at radius 3 is 2.60 bits per heavy atom. The summed E-state index contributed by atoms with van der Waals surface area (Å²) in [6.07, 6.45) is 9.07. The Hall–Kier alpha value is -4.73. The van der Waals surface area contributed by atoms with Crippen molar-refractivity contribution in [1.29, 1.82) is 0 Å². The van der Waals surface area contributed by atoms with E-state index in [2.05, 4.69) is 34.9 Å². The van der Waals surface area contributed by atoms with Crippen molar-refractivity contribution in [2.75, 3.05) is 19.3 Å². The van der Waals surface area contributed by atoms with Gasteiger partial charge < -0.3 is 4.98 Å². The molecule has 1 aromatic carbocycles. The van der Waals surface area contributed by atoms with Gasteiger partial charge in [-0.3, -0.25) is 25.0 Å². The van der Waals surface area contributed by atoms with Gasteiger partial charge in [0.25, 0.3) is 5.92 Å². The normalized spacial score (nSPS) is 15.4. The zero-order valence-corrected chi connectivity index (χ0v) is 24.7. The van der Waals surface area contributed by atoms with Gasteiger partial charge in [-0.25, -0.2) is 31.3 Å². The molecule has 0 spiro atoms. The van der Waals surface area contributed by atoms with Crippen LogP contribution < -0.4 is 4.72 Å². The predicted octanol–water partition coefficient (Wildman–Crippen LogP) is 4.65. The van der Waals surface area contributed by atoms with Crippen LogP contribution in [0.5, 0.6) is 0 Å². The molecule has 45 heavy (non-hydrogen) atoms. The molecular weight excluding hydrogens is 607 g/mol. The highest BCUT2D eigenvalue weighted by Crippen LogP contribution is 2.33. The minimum Gasteiger partial charge on any atom is -0.335 e. The first-order valence-electron chi connectivity index (χ1n) is 14.0. The number of benzene rings is 1. The quantitative estimate of drug-likeness (QED) is 0.220. The molecule has 3 N–H and O–H groups in total. The van der Waals surface area contributed by atoms with Gasteiger partial charge in [0.2, 0.25) is 10.0 Å². The van der Waals surface area contributed by atoms with E-state index in [0.717, 1.165) is 22.8 Å². The van der Waals surface area contributed by atoms with Crippen molar-refractivity contribution in [2.24, 2.45) is 0 Å². The summed E-state index contributed by atoms with van der Waals surface area (Å²) in [5, 5.41) is 8.19. The Labute approximate surface area is 255 Å². The van der Waals surface area contributed by atoms with Crippen LogP contribution in [0.3, 0.4) is 0 Å². The van der Waals surface area contributed by atoms with Crippen molar-refractivity contribution in [2.45, 2.75) is 25.4 Å². The van der Waals surface area contributed by atoms with Crippen molar-refractivity contribution >= 4 is 32.0 Å². The van der Waals surface area contributed by atoms with Crippen LogP contribution >= 0.6 is 0 Å². The Balaban J connectivity index is 1.22. The maximum atomic E-state index is 14.6. The molecule has 0 unspecified atom stereocenters. The van der Waals surface area contributed by atoms with E-state index in [0.29, 0.717) is 63.5 Å². The van der Waals surface area contributed by atoms with Gasteiger partial charge in [-0.05, 0) is 47.0 Å². The molecule has 7 rings (SSSR count). The highest BCUT2D eigenvalue weighted by molar-refractivity contribution is 7.88.